The van der Waals surface area contributed by atoms with E-state index >= 15 is 0 Å². The van der Waals surface area contributed by atoms with Crippen molar-refractivity contribution >= 4 is 17.9 Å². The van der Waals surface area contributed by atoms with Crippen molar-refractivity contribution in [1.29, 1.82) is 0 Å². The summed E-state index contributed by atoms with van der Waals surface area (Å²) in [7, 11) is 0. The molecule has 0 aromatic heterocycles. The Morgan fingerprint density at radius 3 is 1.38 bits per heavy atom. The summed E-state index contributed by atoms with van der Waals surface area (Å²) in [4.78, 5) is 37.3. The molecule has 0 aliphatic heterocycles. The van der Waals surface area contributed by atoms with Crippen LogP contribution in [0.15, 0.2) is 36.5 Å². The Kier molecular flexibility index (Phi) is 20.0. The van der Waals surface area contributed by atoms with Gasteiger partial charge in [-0.15, -0.1) is 0 Å². The lowest BCUT2D eigenvalue weighted by molar-refractivity contribution is -0.359. The Labute approximate surface area is 253 Å². The fourth-order valence-electron chi connectivity index (χ4n) is 4.80. The lowest BCUT2D eigenvalue weighted by Crippen LogP contribution is -2.52. The number of carbonyl (C=O) groups is 3. The van der Waals surface area contributed by atoms with Gasteiger partial charge in [-0.2, -0.15) is 0 Å². The van der Waals surface area contributed by atoms with E-state index in [1.807, 2.05) is 0 Å². The molecule has 0 amide bonds. The monoisotopic (exact) mass is 596 g/mol. The number of aliphatic hydroxyl groups is 3. The molecule has 0 heterocycles. The maximum Gasteiger partial charge on any atom is 0.413 e. The Morgan fingerprint density at radius 2 is 1.02 bits per heavy atom. The molecule has 0 bridgehead atoms. The quantitative estimate of drug-likeness (QED) is 0.0486. The van der Waals surface area contributed by atoms with Gasteiger partial charge in [0.25, 0.3) is 0 Å². The van der Waals surface area contributed by atoms with Crippen LogP contribution in [0.25, 0.3) is 0 Å². The van der Waals surface area contributed by atoms with Gasteiger partial charge in [0.1, 0.15) is 0 Å². The van der Waals surface area contributed by atoms with E-state index < -0.39 is 30.0 Å². The van der Waals surface area contributed by atoms with Crippen molar-refractivity contribution in [3.05, 3.63) is 36.5 Å². The van der Waals surface area contributed by atoms with Crippen LogP contribution >= 0.6 is 0 Å². The summed E-state index contributed by atoms with van der Waals surface area (Å²) in [6, 6.07) is 0. The molecule has 1 unspecified atom stereocenters. The van der Waals surface area contributed by atoms with Gasteiger partial charge >= 0.3 is 23.9 Å². The molecular weight excluding hydrogens is 540 g/mol. The minimum Gasteiger partial charge on any atom is -0.448 e. The third kappa shape index (κ3) is 15.7. The van der Waals surface area contributed by atoms with Crippen molar-refractivity contribution in [2.75, 3.05) is 13.2 Å². The molecule has 9 heteroatoms. The zero-order chi connectivity index (χ0) is 32.2. The summed E-state index contributed by atoms with van der Waals surface area (Å²) >= 11 is 0. The molecule has 9 nitrogen and oxygen atoms in total. The maximum atomic E-state index is 12.5. The molecule has 0 aromatic carbocycles. The zero-order valence-corrected chi connectivity index (χ0v) is 26.5. The van der Waals surface area contributed by atoms with Gasteiger partial charge in [-0.05, 0) is 71.1 Å². The third-order valence-corrected chi connectivity index (χ3v) is 7.58. The van der Waals surface area contributed by atoms with Crippen molar-refractivity contribution in [2.24, 2.45) is 5.41 Å². The van der Waals surface area contributed by atoms with Crippen LogP contribution in [-0.4, -0.2) is 58.5 Å². The average Bonchev–Trinajstić information content (AvgIpc) is 2.93. The lowest BCUT2D eigenvalue weighted by Gasteiger charge is -2.35. The van der Waals surface area contributed by atoms with Crippen molar-refractivity contribution in [3.8, 4) is 0 Å². The molecule has 0 spiro atoms. The van der Waals surface area contributed by atoms with Crippen molar-refractivity contribution in [1.82, 2.24) is 0 Å². The van der Waals surface area contributed by atoms with Gasteiger partial charge in [-0.25, -0.2) is 14.4 Å². The molecule has 3 N–H and O–H groups in total. The largest absolute Gasteiger partial charge is 0.448 e. The molecule has 0 rings (SSSR count). The number of unbranched alkanes of at least 4 members (excludes halogenated alkanes) is 7. The van der Waals surface area contributed by atoms with Crippen molar-refractivity contribution in [3.63, 3.8) is 0 Å². The number of carbonyl (C=O) groups excluding carboxylic acids is 3. The predicted octanol–water partition coefficient (Wildman–Crippen LogP) is 6.20. The highest BCUT2D eigenvalue weighted by atomic mass is 16.9. The van der Waals surface area contributed by atoms with Gasteiger partial charge < -0.3 is 29.5 Å². The highest BCUT2D eigenvalue weighted by Gasteiger charge is 2.48. The molecule has 0 saturated carbocycles. The van der Waals surface area contributed by atoms with Crippen LogP contribution in [-0.2, 0) is 28.6 Å². The van der Waals surface area contributed by atoms with Crippen LogP contribution in [0, 0.1) is 5.41 Å². The van der Waals surface area contributed by atoms with Gasteiger partial charge in [0.15, 0.2) is 0 Å². The summed E-state index contributed by atoms with van der Waals surface area (Å²) in [5.41, 5.74) is 0.0791. The van der Waals surface area contributed by atoms with Gasteiger partial charge in [0, 0.05) is 29.9 Å². The maximum absolute atomic E-state index is 12.5. The van der Waals surface area contributed by atoms with Crippen LogP contribution < -0.4 is 0 Å². The van der Waals surface area contributed by atoms with E-state index in [1.165, 1.54) is 20.8 Å². The SMILES string of the molecule is C=C(C)C(=O)OC(CCCCC(CC)(CCCCCCO)CCCCCCO)C(O)(OC(=O)C(=C)C)OC(=O)C(=C)C. The number of hydrogen-bond acceptors (Lipinski definition) is 9. The fourth-order valence-corrected chi connectivity index (χ4v) is 4.80. The highest BCUT2D eigenvalue weighted by Crippen LogP contribution is 2.40. The predicted molar refractivity (Wildman–Crippen MR) is 163 cm³/mol. The molecule has 0 fully saturated rings. The standard InChI is InChI=1S/C33H56O9/c1-8-32(20-14-9-11-17-23-34,21-15-10-12-18-24-35)22-16-13-19-28(40-29(36)25(2)3)33(39,41-30(37)26(4)5)42-31(38)27(6)7/h28,34-35,39H,2,4,6,8-24H2,1,3,5,7H3. The number of hydrogen-bond donors (Lipinski definition) is 3. The van der Waals surface area contributed by atoms with Crippen LogP contribution in [0.4, 0.5) is 0 Å². The van der Waals surface area contributed by atoms with Crippen molar-refractivity contribution < 1.29 is 43.9 Å². The molecule has 1 atom stereocenters. The number of esters is 3. The Balaban J connectivity index is 5.79. The average molecular weight is 597 g/mol. The second-order valence-corrected chi connectivity index (χ2v) is 11.5. The normalized spacial score (nSPS) is 12.4. The molecule has 0 aliphatic carbocycles. The molecule has 0 aromatic rings. The van der Waals surface area contributed by atoms with E-state index in [4.69, 9.17) is 24.4 Å². The number of rotatable bonds is 25. The van der Waals surface area contributed by atoms with Crippen LogP contribution in [0.2, 0.25) is 0 Å². The Bertz CT molecular complexity index is 835. The molecule has 0 radical (unpaired) electrons. The highest BCUT2D eigenvalue weighted by molar-refractivity contribution is 5.89. The second kappa shape index (κ2) is 21.2. The molecular formula is C33H56O9. The first-order valence-corrected chi connectivity index (χ1v) is 15.4. The first-order chi connectivity index (χ1) is 19.8. The van der Waals surface area contributed by atoms with Gasteiger partial charge in [-0.1, -0.05) is 78.0 Å². The Morgan fingerprint density at radius 1 is 0.643 bits per heavy atom. The summed E-state index contributed by atoms with van der Waals surface area (Å²) in [5, 5.41) is 29.5. The summed E-state index contributed by atoms with van der Waals surface area (Å²) in [6.07, 6.45) is 11.6. The van der Waals surface area contributed by atoms with Gasteiger partial charge in [-0.3, -0.25) is 0 Å². The van der Waals surface area contributed by atoms with E-state index in [9.17, 15) is 19.5 Å². The van der Waals surface area contributed by atoms with Gasteiger partial charge in [0.2, 0.25) is 6.10 Å². The van der Waals surface area contributed by atoms with E-state index in [0.29, 0.717) is 6.42 Å². The van der Waals surface area contributed by atoms with Crippen molar-refractivity contribution in [2.45, 2.75) is 136 Å². The first-order valence-electron chi connectivity index (χ1n) is 15.4. The lowest BCUT2D eigenvalue weighted by atomic mass is 9.72. The Hall–Kier alpha value is -2.49. The van der Waals surface area contributed by atoms with Gasteiger partial charge in [0.05, 0.1) is 0 Å². The van der Waals surface area contributed by atoms with Crippen LogP contribution in [0.1, 0.15) is 124 Å². The first kappa shape index (κ1) is 39.5. The minimum atomic E-state index is -2.89. The molecule has 0 aliphatic rings. The van der Waals surface area contributed by atoms with Crippen LogP contribution in [0.3, 0.4) is 0 Å². The van der Waals surface area contributed by atoms with E-state index in [1.54, 1.807) is 0 Å². The minimum absolute atomic E-state index is 0.0458. The third-order valence-electron chi connectivity index (χ3n) is 7.58. The number of ether oxygens (including phenoxy) is 3. The topological polar surface area (TPSA) is 140 Å². The van der Waals surface area contributed by atoms with E-state index in [0.717, 1.165) is 83.5 Å². The van der Waals surface area contributed by atoms with E-state index in [-0.39, 0.29) is 41.8 Å². The summed E-state index contributed by atoms with van der Waals surface area (Å²) in [6.45, 7) is 17.4. The molecule has 0 saturated heterocycles. The number of aliphatic hydroxyl groups excluding tert-OH is 2. The molecule has 242 valence electrons. The summed E-state index contributed by atoms with van der Waals surface area (Å²) < 4.78 is 15.7. The fraction of sp³-hybridized carbons (Fsp3) is 0.727. The zero-order valence-electron chi connectivity index (χ0n) is 26.5. The van der Waals surface area contributed by atoms with E-state index in [2.05, 4.69) is 26.7 Å². The smallest absolute Gasteiger partial charge is 0.413 e. The second-order valence-electron chi connectivity index (χ2n) is 11.5. The summed E-state index contributed by atoms with van der Waals surface area (Å²) in [5.74, 6) is -5.75. The van der Waals surface area contributed by atoms with Crippen LogP contribution in [0.5, 0.6) is 0 Å². The molecule has 42 heavy (non-hydrogen) atoms.